The van der Waals surface area contributed by atoms with E-state index in [0.717, 1.165) is 42.4 Å². The van der Waals surface area contributed by atoms with Crippen LogP contribution in [0.25, 0.3) is 0 Å². The van der Waals surface area contributed by atoms with Crippen molar-refractivity contribution in [3.05, 3.63) is 16.4 Å². The highest BCUT2D eigenvalue weighted by Crippen LogP contribution is 2.22. The molecule has 0 aliphatic heterocycles. The topological polar surface area (TPSA) is 39.1 Å². The first-order valence-corrected chi connectivity index (χ1v) is 7.27. The maximum absolute atomic E-state index is 6.30. The predicted octanol–water partition coefficient (Wildman–Crippen LogP) is 2.58. The standard InChI is InChI=1S/C14H26ClN3O/c1-6-16-12(7-10(2)9-19-5)8-13-11(3)17-18(4)14(13)15/h10,12,16H,6-9H2,1-5H3. The number of hydrogen-bond donors (Lipinski definition) is 1. The average Bonchev–Trinajstić information content (AvgIpc) is 2.56. The summed E-state index contributed by atoms with van der Waals surface area (Å²) in [5, 5.41) is 8.65. The van der Waals surface area contributed by atoms with Crippen LogP contribution in [0.5, 0.6) is 0 Å². The number of likely N-dealkylation sites (N-methyl/N-ethyl adjacent to an activating group) is 1. The molecule has 5 heteroatoms. The molecule has 1 aromatic heterocycles. The van der Waals surface area contributed by atoms with E-state index in [1.165, 1.54) is 0 Å². The van der Waals surface area contributed by atoms with Gasteiger partial charge in [0.1, 0.15) is 5.15 Å². The molecule has 2 atom stereocenters. The number of rotatable bonds is 8. The van der Waals surface area contributed by atoms with E-state index in [4.69, 9.17) is 16.3 Å². The lowest BCUT2D eigenvalue weighted by Crippen LogP contribution is -2.33. The lowest BCUT2D eigenvalue weighted by atomic mass is 9.97. The molecule has 1 rings (SSSR count). The third kappa shape index (κ3) is 4.79. The monoisotopic (exact) mass is 287 g/mol. The van der Waals surface area contributed by atoms with Gasteiger partial charge in [0, 0.05) is 32.4 Å². The van der Waals surface area contributed by atoms with Crippen molar-refractivity contribution in [2.24, 2.45) is 13.0 Å². The molecule has 0 saturated heterocycles. The summed E-state index contributed by atoms with van der Waals surface area (Å²) in [5.74, 6) is 0.532. The number of hydrogen-bond acceptors (Lipinski definition) is 3. The fraction of sp³-hybridized carbons (Fsp3) is 0.786. The Morgan fingerprint density at radius 2 is 2.16 bits per heavy atom. The van der Waals surface area contributed by atoms with Crippen molar-refractivity contribution in [1.29, 1.82) is 0 Å². The van der Waals surface area contributed by atoms with Gasteiger partial charge in [0.25, 0.3) is 0 Å². The van der Waals surface area contributed by atoms with Crippen LogP contribution in [-0.2, 0) is 18.2 Å². The predicted molar refractivity (Wildman–Crippen MR) is 79.8 cm³/mol. The zero-order valence-electron chi connectivity index (χ0n) is 12.7. The molecular weight excluding hydrogens is 262 g/mol. The van der Waals surface area contributed by atoms with Gasteiger partial charge in [0.05, 0.1) is 5.69 Å². The van der Waals surface area contributed by atoms with Crippen molar-refractivity contribution in [3.8, 4) is 0 Å². The lowest BCUT2D eigenvalue weighted by molar-refractivity contribution is 0.149. The van der Waals surface area contributed by atoms with Gasteiger partial charge in [0.2, 0.25) is 0 Å². The van der Waals surface area contributed by atoms with Gasteiger partial charge in [-0.15, -0.1) is 0 Å². The van der Waals surface area contributed by atoms with Crippen molar-refractivity contribution >= 4 is 11.6 Å². The van der Waals surface area contributed by atoms with Crippen LogP contribution in [0.2, 0.25) is 5.15 Å². The molecule has 1 heterocycles. The van der Waals surface area contributed by atoms with Crippen LogP contribution in [0.15, 0.2) is 0 Å². The SMILES string of the molecule is CCNC(Cc1c(C)nn(C)c1Cl)CC(C)COC. The lowest BCUT2D eigenvalue weighted by Gasteiger charge is -2.21. The fourth-order valence-electron chi connectivity index (χ4n) is 2.52. The molecule has 0 bridgehead atoms. The van der Waals surface area contributed by atoms with Crippen LogP contribution in [-0.4, -0.2) is 36.1 Å². The minimum absolute atomic E-state index is 0.413. The molecule has 1 N–H and O–H groups in total. The second kappa shape index (κ2) is 7.88. The number of ether oxygens (including phenoxy) is 1. The number of nitrogens with zero attached hydrogens (tertiary/aromatic N) is 2. The summed E-state index contributed by atoms with van der Waals surface area (Å²) in [7, 11) is 3.63. The number of methoxy groups -OCH3 is 1. The maximum atomic E-state index is 6.30. The van der Waals surface area contributed by atoms with E-state index in [-0.39, 0.29) is 0 Å². The van der Waals surface area contributed by atoms with Crippen LogP contribution in [0.1, 0.15) is 31.5 Å². The van der Waals surface area contributed by atoms with E-state index in [1.807, 2.05) is 14.0 Å². The third-order valence-electron chi connectivity index (χ3n) is 3.35. The number of nitrogens with one attached hydrogen (secondary N) is 1. The van der Waals surface area contributed by atoms with Gasteiger partial charge < -0.3 is 10.1 Å². The molecule has 1 aromatic rings. The second-order valence-electron chi connectivity index (χ2n) is 5.23. The quantitative estimate of drug-likeness (QED) is 0.799. The smallest absolute Gasteiger partial charge is 0.130 e. The molecular formula is C14H26ClN3O. The molecule has 19 heavy (non-hydrogen) atoms. The van der Waals surface area contributed by atoms with Crippen molar-refractivity contribution in [2.75, 3.05) is 20.3 Å². The first-order chi connectivity index (χ1) is 8.99. The largest absolute Gasteiger partial charge is 0.384 e. The van der Waals surface area contributed by atoms with E-state index in [9.17, 15) is 0 Å². The normalized spacial score (nSPS) is 14.6. The summed E-state index contributed by atoms with van der Waals surface area (Å²) >= 11 is 6.30. The Kier molecular flexibility index (Phi) is 6.83. The average molecular weight is 288 g/mol. The van der Waals surface area contributed by atoms with Gasteiger partial charge in [-0.05, 0) is 32.2 Å². The fourth-order valence-corrected chi connectivity index (χ4v) is 2.77. The number of halogens is 1. The summed E-state index contributed by atoms with van der Waals surface area (Å²) < 4.78 is 6.96. The first kappa shape index (κ1) is 16.5. The van der Waals surface area contributed by atoms with Crippen molar-refractivity contribution in [1.82, 2.24) is 15.1 Å². The Morgan fingerprint density at radius 1 is 1.47 bits per heavy atom. The Labute approximate surface area is 121 Å². The van der Waals surface area contributed by atoms with Gasteiger partial charge in [-0.25, -0.2) is 0 Å². The molecule has 2 unspecified atom stereocenters. The van der Waals surface area contributed by atoms with Crippen molar-refractivity contribution in [3.63, 3.8) is 0 Å². The molecule has 0 aliphatic carbocycles. The Morgan fingerprint density at radius 3 is 2.63 bits per heavy atom. The van der Waals surface area contributed by atoms with E-state index >= 15 is 0 Å². The van der Waals surface area contributed by atoms with Gasteiger partial charge in [-0.2, -0.15) is 5.10 Å². The van der Waals surface area contributed by atoms with E-state index in [1.54, 1.807) is 11.8 Å². The zero-order valence-corrected chi connectivity index (χ0v) is 13.4. The minimum Gasteiger partial charge on any atom is -0.384 e. The molecule has 0 aliphatic rings. The highest BCUT2D eigenvalue weighted by Gasteiger charge is 2.18. The first-order valence-electron chi connectivity index (χ1n) is 6.89. The zero-order chi connectivity index (χ0) is 14.4. The third-order valence-corrected chi connectivity index (χ3v) is 3.82. The molecule has 110 valence electrons. The van der Waals surface area contributed by atoms with Crippen molar-refractivity contribution < 1.29 is 4.74 Å². The number of aromatic nitrogens is 2. The van der Waals surface area contributed by atoms with Crippen molar-refractivity contribution in [2.45, 2.75) is 39.7 Å². The molecule has 0 radical (unpaired) electrons. The van der Waals surface area contributed by atoms with Gasteiger partial charge in [-0.3, -0.25) is 4.68 Å². The molecule has 0 spiro atoms. The molecule has 4 nitrogen and oxygen atoms in total. The van der Waals surface area contributed by atoms with Gasteiger partial charge >= 0.3 is 0 Å². The van der Waals surface area contributed by atoms with Crippen LogP contribution < -0.4 is 5.32 Å². The van der Waals surface area contributed by atoms with Gasteiger partial charge in [-0.1, -0.05) is 25.4 Å². The molecule has 0 fully saturated rings. The van der Waals surface area contributed by atoms with E-state index in [0.29, 0.717) is 12.0 Å². The highest BCUT2D eigenvalue weighted by molar-refractivity contribution is 6.30. The molecule has 0 saturated carbocycles. The Bertz CT molecular complexity index is 392. The minimum atomic E-state index is 0.413. The van der Waals surface area contributed by atoms with E-state index < -0.39 is 0 Å². The second-order valence-corrected chi connectivity index (χ2v) is 5.59. The van der Waals surface area contributed by atoms with Gasteiger partial charge in [0.15, 0.2) is 0 Å². The molecule has 0 amide bonds. The highest BCUT2D eigenvalue weighted by atomic mass is 35.5. The summed E-state index contributed by atoms with van der Waals surface area (Å²) in [6, 6.07) is 0.413. The Hall–Kier alpha value is -0.580. The van der Waals surface area contributed by atoms with Crippen LogP contribution in [0.3, 0.4) is 0 Å². The van der Waals surface area contributed by atoms with Crippen LogP contribution in [0, 0.1) is 12.8 Å². The summed E-state index contributed by atoms with van der Waals surface area (Å²) in [4.78, 5) is 0. The summed E-state index contributed by atoms with van der Waals surface area (Å²) in [6.07, 6.45) is 1.99. The Balaban J connectivity index is 2.72. The maximum Gasteiger partial charge on any atom is 0.130 e. The van der Waals surface area contributed by atoms with Crippen LogP contribution >= 0.6 is 11.6 Å². The summed E-state index contributed by atoms with van der Waals surface area (Å²) in [6.45, 7) is 8.11. The number of aryl methyl sites for hydroxylation is 2. The van der Waals surface area contributed by atoms with Crippen LogP contribution in [0.4, 0.5) is 0 Å². The van der Waals surface area contributed by atoms with E-state index in [2.05, 4.69) is 24.3 Å². The summed E-state index contributed by atoms with van der Waals surface area (Å²) in [5.41, 5.74) is 2.18. The molecule has 0 aromatic carbocycles.